The molecule has 0 saturated heterocycles. The van der Waals surface area contributed by atoms with Crippen LogP contribution in [0.4, 0.5) is 0 Å². The lowest BCUT2D eigenvalue weighted by Gasteiger charge is -2.29. The van der Waals surface area contributed by atoms with Gasteiger partial charge in [-0.15, -0.1) is 0 Å². The molecule has 2 fully saturated rings. The summed E-state index contributed by atoms with van der Waals surface area (Å²) in [6.07, 6.45) is 23.4. The van der Waals surface area contributed by atoms with Gasteiger partial charge in [0.1, 0.15) is 0 Å². The lowest BCUT2D eigenvalue weighted by molar-refractivity contribution is 0.310. The van der Waals surface area contributed by atoms with Crippen molar-refractivity contribution in [1.82, 2.24) is 0 Å². The highest BCUT2D eigenvalue weighted by molar-refractivity contribution is 5.25. The van der Waals surface area contributed by atoms with Crippen molar-refractivity contribution >= 4 is 0 Å². The summed E-state index contributed by atoms with van der Waals surface area (Å²) in [5.74, 6) is 3.44. The molecule has 1 aromatic carbocycles. The van der Waals surface area contributed by atoms with Gasteiger partial charge in [-0.3, -0.25) is 0 Å². The fraction of sp³-hybridized carbons (Fsp3) is 0.615. The fourth-order valence-corrected chi connectivity index (χ4v) is 4.93. The van der Waals surface area contributed by atoms with Crippen LogP contribution in [0.5, 0.6) is 0 Å². The van der Waals surface area contributed by atoms with Crippen LogP contribution in [0.3, 0.4) is 0 Å². The minimum atomic E-state index is 0.799. The monoisotopic (exact) mass is 350 g/mol. The van der Waals surface area contributed by atoms with Gasteiger partial charge in [0.25, 0.3) is 0 Å². The zero-order valence-corrected chi connectivity index (χ0v) is 17.0. The number of allylic oxidation sites excluding steroid dienone is 4. The molecule has 0 nitrogen and oxygen atoms in total. The fourth-order valence-electron chi connectivity index (χ4n) is 4.93. The van der Waals surface area contributed by atoms with E-state index in [1.165, 1.54) is 63.4 Å². The van der Waals surface area contributed by atoms with Gasteiger partial charge in [0.2, 0.25) is 0 Å². The Labute approximate surface area is 161 Å². The number of aryl methyl sites for hydroxylation is 1. The second-order valence-corrected chi connectivity index (χ2v) is 8.68. The Hall–Kier alpha value is -1.30. The second kappa shape index (κ2) is 10.1. The Kier molecular flexibility index (Phi) is 7.59. The van der Waals surface area contributed by atoms with Crippen molar-refractivity contribution in [3.05, 3.63) is 59.7 Å². The van der Waals surface area contributed by atoms with Crippen molar-refractivity contribution in [1.29, 1.82) is 0 Å². The molecule has 0 atom stereocenters. The summed E-state index contributed by atoms with van der Waals surface area (Å²) in [5, 5.41) is 0. The van der Waals surface area contributed by atoms with E-state index in [2.05, 4.69) is 62.4 Å². The Morgan fingerprint density at radius 1 is 0.808 bits per heavy atom. The van der Waals surface area contributed by atoms with Gasteiger partial charge in [0, 0.05) is 0 Å². The van der Waals surface area contributed by atoms with Crippen LogP contribution < -0.4 is 0 Å². The van der Waals surface area contributed by atoms with Crippen molar-refractivity contribution in [3.63, 3.8) is 0 Å². The van der Waals surface area contributed by atoms with Gasteiger partial charge in [-0.1, -0.05) is 55.5 Å². The minimum absolute atomic E-state index is 0.799. The van der Waals surface area contributed by atoms with E-state index >= 15 is 0 Å². The van der Waals surface area contributed by atoms with Crippen LogP contribution in [-0.2, 0) is 6.42 Å². The van der Waals surface area contributed by atoms with E-state index in [9.17, 15) is 0 Å². The van der Waals surface area contributed by atoms with Gasteiger partial charge in [-0.05, 0) is 106 Å². The van der Waals surface area contributed by atoms with Crippen molar-refractivity contribution in [3.8, 4) is 0 Å². The topological polar surface area (TPSA) is 0 Å². The molecule has 0 heterocycles. The highest BCUT2D eigenvalue weighted by atomic mass is 14.3. The van der Waals surface area contributed by atoms with Crippen LogP contribution in [0.2, 0.25) is 0 Å². The van der Waals surface area contributed by atoms with Crippen LogP contribution in [0.25, 0.3) is 0 Å². The molecule has 2 aliphatic rings. The molecule has 26 heavy (non-hydrogen) atoms. The highest BCUT2D eigenvalue weighted by Crippen LogP contribution is 2.37. The summed E-state index contributed by atoms with van der Waals surface area (Å²) in [4.78, 5) is 0. The maximum atomic E-state index is 2.59. The molecule has 2 aliphatic carbocycles. The molecule has 3 rings (SSSR count). The predicted molar refractivity (Wildman–Crippen MR) is 115 cm³/mol. The van der Waals surface area contributed by atoms with Crippen molar-refractivity contribution in [2.75, 3.05) is 0 Å². The Balaban J connectivity index is 1.40. The Bertz CT molecular complexity index is 561. The number of hydrogen-bond donors (Lipinski definition) is 0. The average Bonchev–Trinajstić information content (AvgIpc) is 2.72. The summed E-state index contributed by atoms with van der Waals surface area (Å²) in [6, 6.07) is 9.42. The number of hydrogen-bond acceptors (Lipinski definition) is 0. The number of rotatable bonds is 6. The molecule has 0 aromatic heterocycles. The highest BCUT2D eigenvalue weighted by Gasteiger charge is 2.22. The zero-order valence-electron chi connectivity index (χ0n) is 17.0. The maximum absolute atomic E-state index is 2.59. The largest absolute Gasteiger partial charge is 0.0917 e. The summed E-state index contributed by atoms with van der Waals surface area (Å²) in [6.45, 7) is 4.38. The molecule has 1 aromatic rings. The van der Waals surface area contributed by atoms with Gasteiger partial charge in [-0.25, -0.2) is 0 Å². The van der Waals surface area contributed by atoms with Crippen LogP contribution in [-0.4, -0.2) is 0 Å². The van der Waals surface area contributed by atoms with Crippen molar-refractivity contribution in [2.24, 2.45) is 17.8 Å². The molecule has 2 saturated carbocycles. The Morgan fingerprint density at radius 3 is 1.92 bits per heavy atom. The van der Waals surface area contributed by atoms with Gasteiger partial charge < -0.3 is 0 Å². The van der Waals surface area contributed by atoms with Gasteiger partial charge in [0.15, 0.2) is 0 Å². The van der Waals surface area contributed by atoms with E-state index in [0.29, 0.717) is 0 Å². The first-order valence-electron chi connectivity index (χ1n) is 11.2. The third kappa shape index (κ3) is 5.60. The molecule has 0 heteroatoms. The quantitative estimate of drug-likeness (QED) is 0.458. The third-order valence-corrected chi connectivity index (χ3v) is 6.88. The van der Waals surface area contributed by atoms with Crippen LogP contribution in [0, 0.1) is 17.8 Å². The molecule has 0 radical (unpaired) electrons. The summed E-state index contributed by atoms with van der Waals surface area (Å²) in [5.41, 5.74) is 3.04. The van der Waals surface area contributed by atoms with Crippen LogP contribution >= 0.6 is 0 Å². The van der Waals surface area contributed by atoms with E-state index in [1.54, 1.807) is 5.56 Å². The number of benzene rings is 1. The van der Waals surface area contributed by atoms with E-state index in [-0.39, 0.29) is 0 Å². The molecule has 0 spiro atoms. The van der Waals surface area contributed by atoms with E-state index < -0.39 is 0 Å². The maximum Gasteiger partial charge on any atom is -0.0162 e. The molecule has 0 amide bonds. The van der Waals surface area contributed by atoms with E-state index in [4.69, 9.17) is 0 Å². The molecular weight excluding hydrogens is 312 g/mol. The lowest BCUT2D eigenvalue weighted by atomic mass is 9.77. The van der Waals surface area contributed by atoms with Crippen LogP contribution in [0.1, 0.15) is 88.7 Å². The molecule has 0 N–H and O–H groups in total. The van der Waals surface area contributed by atoms with Crippen LogP contribution in [0.15, 0.2) is 48.6 Å². The normalized spacial score (nSPS) is 30.2. The van der Waals surface area contributed by atoms with Gasteiger partial charge in [-0.2, -0.15) is 0 Å². The molecule has 142 valence electrons. The summed E-state index contributed by atoms with van der Waals surface area (Å²) in [7, 11) is 0. The Morgan fingerprint density at radius 2 is 1.38 bits per heavy atom. The molecule has 0 bridgehead atoms. The standard InChI is InChI=1S/C26H38/c1-3-5-6-22-7-9-23(10-8-22)11-12-24-15-19-26(20-16-24)25-17-13-21(4-2)14-18-25/h3,5,11-14,17-18,22-24,26H,4,6-10,15-16,19-20H2,1-2H3. The predicted octanol–water partition coefficient (Wildman–Crippen LogP) is 7.85. The molecule has 0 aliphatic heterocycles. The van der Waals surface area contributed by atoms with Crippen molar-refractivity contribution in [2.45, 2.75) is 84.0 Å². The SMILES string of the molecule is CC=CCC1CCC(C=CC2CCC(c3ccc(CC)cc3)CC2)CC1. The van der Waals surface area contributed by atoms with Gasteiger partial charge in [0.05, 0.1) is 0 Å². The zero-order chi connectivity index (χ0) is 18.2. The summed E-state index contributed by atoms with van der Waals surface area (Å²) >= 11 is 0. The van der Waals surface area contributed by atoms with E-state index in [1.807, 2.05) is 0 Å². The molecule has 0 unspecified atom stereocenters. The average molecular weight is 351 g/mol. The summed E-state index contributed by atoms with van der Waals surface area (Å²) < 4.78 is 0. The van der Waals surface area contributed by atoms with Crippen molar-refractivity contribution < 1.29 is 0 Å². The molecular formula is C26H38. The first-order chi connectivity index (χ1) is 12.8. The third-order valence-electron chi connectivity index (χ3n) is 6.88. The lowest BCUT2D eigenvalue weighted by Crippen LogP contribution is -2.14. The second-order valence-electron chi connectivity index (χ2n) is 8.68. The van der Waals surface area contributed by atoms with E-state index in [0.717, 1.165) is 30.1 Å². The first kappa shape index (κ1) is 19.5. The first-order valence-corrected chi connectivity index (χ1v) is 11.2. The minimum Gasteiger partial charge on any atom is -0.0917 e. The smallest absolute Gasteiger partial charge is 0.0162 e. The van der Waals surface area contributed by atoms with Gasteiger partial charge >= 0.3 is 0 Å².